The highest BCUT2D eigenvalue weighted by Gasteiger charge is 2.22. The predicted molar refractivity (Wildman–Crippen MR) is 95.0 cm³/mol. The van der Waals surface area contributed by atoms with Crippen LogP contribution in [0.15, 0.2) is 30.0 Å². The Bertz CT molecular complexity index is 747. The number of nitrogens with one attached hydrogen (secondary N) is 1. The van der Waals surface area contributed by atoms with Crippen LogP contribution in [0.1, 0.15) is 20.3 Å². The lowest BCUT2D eigenvalue weighted by atomic mass is 9.92. The van der Waals surface area contributed by atoms with Gasteiger partial charge in [-0.2, -0.15) is 5.26 Å². The molecule has 1 saturated heterocycles. The van der Waals surface area contributed by atoms with E-state index in [0.717, 1.165) is 19.5 Å². The molecule has 0 spiro atoms. The second-order valence-corrected chi connectivity index (χ2v) is 6.84. The van der Waals surface area contributed by atoms with Gasteiger partial charge in [0.15, 0.2) is 0 Å². The number of hydrogen-bond donors (Lipinski definition) is 1. The van der Waals surface area contributed by atoms with E-state index in [-0.39, 0.29) is 22.0 Å². The zero-order valence-electron chi connectivity index (χ0n) is 14.0. The summed E-state index contributed by atoms with van der Waals surface area (Å²) in [5.41, 5.74) is -0.137. The SMILES string of the molecule is CC1CC(C)CN(/C=C(/C#N)C(=O)Nc2ccc(Cl)c([N+](=O)[O-])c2)C1. The van der Waals surface area contributed by atoms with Crippen molar-refractivity contribution in [3.63, 3.8) is 0 Å². The van der Waals surface area contributed by atoms with Crippen molar-refractivity contribution in [2.45, 2.75) is 20.3 Å². The number of nitriles is 1. The maximum absolute atomic E-state index is 12.3. The first-order chi connectivity index (χ1) is 11.8. The van der Waals surface area contributed by atoms with Crippen LogP contribution < -0.4 is 5.32 Å². The van der Waals surface area contributed by atoms with Gasteiger partial charge in [-0.3, -0.25) is 14.9 Å². The monoisotopic (exact) mass is 362 g/mol. The summed E-state index contributed by atoms with van der Waals surface area (Å²) in [7, 11) is 0. The third-order valence-electron chi connectivity index (χ3n) is 3.97. The van der Waals surface area contributed by atoms with Gasteiger partial charge >= 0.3 is 0 Å². The molecule has 2 rings (SSSR count). The van der Waals surface area contributed by atoms with Gasteiger partial charge in [0.25, 0.3) is 11.6 Å². The Balaban J connectivity index is 2.15. The van der Waals surface area contributed by atoms with Crippen LogP contribution in [0.2, 0.25) is 5.02 Å². The molecule has 0 radical (unpaired) electrons. The smallest absolute Gasteiger partial charge is 0.289 e. The molecule has 1 amide bonds. The number of carbonyl (C=O) groups excluding carboxylic acids is 1. The fourth-order valence-corrected chi connectivity index (χ4v) is 3.25. The average molecular weight is 363 g/mol. The van der Waals surface area contributed by atoms with E-state index < -0.39 is 10.8 Å². The normalized spacial score (nSPS) is 20.7. The number of nitro benzene ring substituents is 1. The first-order valence-corrected chi connectivity index (χ1v) is 8.29. The molecule has 1 aliphatic heterocycles. The Kier molecular flexibility index (Phi) is 5.99. The van der Waals surface area contributed by atoms with E-state index >= 15 is 0 Å². The number of amides is 1. The van der Waals surface area contributed by atoms with Crippen LogP contribution in [-0.4, -0.2) is 28.8 Å². The fourth-order valence-electron chi connectivity index (χ4n) is 3.07. The lowest BCUT2D eigenvalue weighted by molar-refractivity contribution is -0.384. The molecule has 132 valence electrons. The van der Waals surface area contributed by atoms with Crippen molar-refractivity contribution in [2.24, 2.45) is 11.8 Å². The minimum atomic E-state index is -0.629. The number of anilines is 1. The number of carbonyl (C=O) groups is 1. The molecule has 1 fully saturated rings. The van der Waals surface area contributed by atoms with Gasteiger partial charge in [-0.1, -0.05) is 25.4 Å². The maximum Gasteiger partial charge on any atom is 0.289 e. The van der Waals surface area contributed by atoms with Gasteiger partial charge in [-0.25, -0.2) is 0 Å². The van der Waals surface area contributed by atoms with Crippen LogP contribution in [0, 0.1) is 33.3 Å². The van der Waals surface area contributed by atoms with Crippen molar-refractivity contribution in [3.05, 3.63) is 45.1 Å². The molecule has 7 nitrogen and oxygen atoms in total. The van der Waals surface area contributed by atoms with Gasteiger partial charge in [-0.05, 0) is 30.4 Å². The van der Waals surface area contributed by atoms with Gasteiger partial charge in [0.05, 0.1) is 4.92 Å². The van der Waals surface area contributed by atoms with Gasteiger partial charge in [0.1, 0.15) is 16.7 Å². The molecule has 8 heteroatoms. The lowest BCUT2D eigenvalue weighted by Crippen LogP contribution is -2.35. The van der Waals surface area contributed by atoms with Gasteiger partial charge in [0.2, 0.25) is 0 Å². The second-order valence-electron chi connectivity index (χ2n) is 6.43. The highest BCUT2D eigenvalue weighted by atomic mass is 35.5. The second kappa shape index (κ2) is 7.99. The Morgan fingerprint density at radius 3 is 2.64 bits per heavy atom. The maximum atomic E-state index is 12.3. The van der Waals surface area contributed by atoms with Gasteiger partial charge in [-0.15, -0.1) is 0 Å². The largest absolute Gasteiger partial charge is 0.376 e. The standard InChI is InChI=1S/C17H19ClN4O3/c1-11-5-12(2)9-21(8-11)10-13(7-19)17(23)20-14-3-4-15(18)16(6-14)22(24)25/h3-4,6,10-12H,5,8-9H2,1-2H3,(H,20,23)/b13-10-. The molecule has 0 aliphatic carbocycles. The van der Waals surface area contributed by atoms with Crippen molar-refractivity contribution in [2.75, 3.05) is 18.4 Å². The number of piperidine rings is 1. The van der Waals surface area contributed by atoms with Crippen LogP contribution in [-0.2, 0) is 4.79 Å². The van der Waals surface area contributed by atoms with Crippen molar-refractivity contribution in [3.8, 4) is 6.07 Å². The van der Waals surface area contributed by atoms with Crippen molar-refractivity contribution in [1.29, 1.82) is 5.26 Å². The molecule has 1 heterocycles. The van der Waals surface area contributed by atoms with Crippen molar-refractivity contribution in [1.82, 2.24) is 4.90 Å². The molecule has 25 heavy (non-hydrogen) atoms. The summed E-state index contributed by atoms with van der Waals surface area (Å²) in [6, 6.07) is 5.85. The minimum Gasteiger partial charge on any atom is -0.376 e. The summed E-state index contributed by atoms with van der Waals surface area (Å²) in [5.74, 6) is 0.369. The molecule has 2 unspecified atom stereocenters. The van der Waals surface area contributed by atoms with E-state index in [2.05, 4.69) is 19.2 Å². The molecular formula is C17H19ClN4O3. The zero-order valence-corrected chi connectivity index (χ0v) is 14.8. The van der Waals surface area contributed by atoms with E-state index in [0.29, 0.717) is 11.8 Å². The fraction of sp³-hybridized carbons (Fsp3) is 0.412. The molecule has 2 atom stereocenters. The Morgan fingerprint density at radius 1 is 1.44 bits per heavy atom. The van der Waals surface area contributed by atoms with Crippen LogP contribution in [0.5, 0.6) is 0 Å². The highest BCUT2D eigenvalue weighted by Crippen LogP contribution is 2.27. The minimum absolute atomic E-state index is 0.0182. The number of halogens is 1. The third kappa shape index (κ3) is 4.94. The highest BCUT2D eigenvalue weighted by molar-refractivity contribution is 6.32. The van der Waals surface area contributed by atoms with Crippen molar-refractivity contribution < 1.29 is 9.72 Å². The van der Waals surface area contributed by atoms with Crippen molar-refractivity contribution >= 4 is 28.9 Å². The molecule has 1 aromatic rings. The predicted octanol–water partition coefficient (Wildman–Crippen LogP) is 3.57. The molecule has 0 saturated carbocycles. The van der Waals surface area contributed by atoms with Crippen LogP contribution in [0.4, 0.5) is 11.4 Å². The van der Waals surface area contributed by atoms with E-state index in [4.69, 9.17) is 11.6 Å². The first kappa shape index (κ1) is 18.7. The summed E-state index contributed by atoms with van der Waals surface area (Å²) in [6.45, 7) is 5.84. The molecule has 0 bridgehead atoms. The Morgan fingerprint density at radius 2 is 2.08 bits per heavy atom. The number of benzene rings is 1. The number of rotatable bonds is 4. The Hall–Kier alpha value is -2.59. The van der Waals surface area contributed by atoms with Gasteiger partial charge in [0, 0.05) is 31.0 Å². The van der Waals surface area contributed by atoms with E-state index in [1.807, 2.05) is 11.0 Å². The number of nitro groups is 1. The summed E-state index contributed by atoms with van der Waals surface area (Å²) in [5, 5.41) is 22.7. The number of hydrogen-bond acceptors (Lipinski definition) is 5. The molecule has 1 aromatic carbocycles. The zero-order chi connectivity index (χ0) is 18.6. The molecule has 1 N–H and O–H groups in total. The molecule has 1 aliphatic rings. The average Bonchev–Trinajstić information content (AvgIpc) is 2.53. The summed E-state index contributed by atoms with van der Waals surface area (Å²) in [6.07, 6.45) is 2.68. The first-order valence-electron chi connectivity index (χ1n) is 7.91. The van der Waals surface area contributed by atoms with E-state index in [1.165, 1.54) is 18.2 Å². The summed E-state index contributed by atoms with van der Waals surface area (Å²) in [4.78, 5) is 24.6. The third-order valence-corrected chi connectivity index (χ3v) is 4.29. The van der Waals surface area contributed by atoms with E-state index in [9.17, 15) is 20.2 Å². The molecule has 0 aromatic heterocycles. The van der Waals surface area contributed by atoms with E-state index in [1.54, 1.807) is 6.20 Å². The van der Waals surface area contributed by atoms with Gasteiger partial charge < -0.3 is 10.2 Å². The molecular weight excluding hydrogens is 344 g/mol. The number of nitrogens with zero attached hydrogens (tertiary/aromatic N) is 3. The number of likely N-dealkylation sites (tertiary alicyclic amines) is 1. The summed E-state index contributed by atoms with van der Waals surface area (Å²) < 4.78 is 0. The van der Waals surface area contributed by atoms with Crippen LogP contribution in [0.3, 0.4) is 0 Å². The summed E-state index contributed by atoms with van der Waals surface area (Å²) >= 11 is 5.75. The van der Waals surface area contributed by atoms with Crippen LogP contribution >= 0.6 is 11.6 Å². The lowest BCUT2D eigenvalue weighted by Gasteiger charge is -2.34. The Labute approximate surface area is 151 Å². The quantitative estimate of drug-likeness (QED) is 0.382. The van der Waals surface area contributed by atoms with Crippen LogP contribution in [0.25, 0.3) is 0 Å². The topological polar surface area (TPSA) is 99.3 Å².